The molecule has 0 bridgehead atoms. The quantitative estimate of drug-likeness (QED) is 0.556. The van der Waals surface area contributed by atoms with Crippen LogP contribution >= 0.6 is 0 Å². The minimum atomic E-state index is -3.54. The predicted molar refractivity (Wildman–Crippen MR) is 39.3 cm³/mol. The van der Waals surface area contributed by atoms with Crippen molar-refractivity contribution in [3.63, 3.8) is 0 Å². The normalized spacial score (nSPS) is 11.0. The van der Waals surface area contributed by atoms with Crippen LogP contribution in [0.5, 0.6) is 0 Å². The van der Waals surface area contributed by atoms with Gasteiger partial charge in [-0.25, -0.2) is 8.42 Å². The van der Waals surface area contributed by atoms with E-state index in [9.17, 15) is 13.2 Å². The first-order valence-electron chi connectivity index (χ1n) is 2.84. The highest BCUT2D eigenvalue weighted by molar-refractivity contribution is 8.06. The molecule has 0 radical (unpaired) electrons. The van der Waals surface area contributed by atoms with Crippen LogP contribution in [0.25, 0.3) is 0 Å². The van der Waals surface area contributed by atoms with Gasteiger partial charge >= 0.3 is 0 Å². The average molecular weight is 162 g/mol. The Bertz CT molecular complexity index is 248. The van der Waals surface area contributed by atoms with E-state index in [0.29, 0.717) is 0 Å². The number of rotatable bonds is 2. The van der Waals surface area contributed by atoms with Crippen molar-refractivity contribution in [1.29, 1.82) is 0 Å². The summed E-state index contributed by atoms with van der Waals surface area (Å²) < 4.78 is 21.5. The number of sulfone groups is 1. The summed E-state index contributed by atoms with van der Waals surface area (Å²) >= 11 is 0. The van der Waals surface area contributed by atoms with Gasteiger partial charge in [0.15, 0.2) is 0 Å². The van der Waals surface area contributed by atoms with Crippen molar-refractivity contribution in [2.45, 2.75) is 13.8 Å². The Morgan fingerprint density at radius 1 is 1.50 bits per heavy atom. The maximum atomic E-state index is 10.7. The van der Waals surface area contributed by atoms with Crippen LogP contribution in [0.1, 0.15) is 13.8 Å². The van der Waals surface area contributed by atoms with Gasteiger partial charge in [0.2, 0.25) is 9.84 Å². The smallest absolute Gasteiger partial charge is 0.271 e. The fourth-order valence-electron chi connectivity index (χ4n) is 0.397. The van der Waals surface area contributed by atoms with Crippen molar-refractivity contribution in [3.05, 3.63) is 12.2 Å². The van der Waals surface area contributed by atoms with E-state index < -0.39 is 15.0 Å². The van der Waals surface area contributed by atoms with Crippen molar-refractivity contribution in [2.24, 2.45) is 0 Å². The van der Waals surface area contributed by atoms with Crippen LogP contribution in [-0.4, -0.2) is 19.3 Å². The SMILES string of the molecule is C=C(C)C(=O)S(=O)(=O)CC. The van der Waals surface area contributed by atoms with Crippen LogP contribution < -0.4 is 0 Å². The zero-order valence-electron chi connectivity index (χ0n) is 6.05. The summed E-state index contributed by atoms with van der Waals surface area (Å²) in [6.45, 7) is 6.05. The Morgan fingerprint density at radius 2 is 1.90 bits per heavy atom. The summed E-state index contributed by atoms with van der Waals surface area (Å²) in [4.78, 5) is 10.7. The Kier molecular flexibility index (Phi) is 2.77. The van der Waals surface area contributed by atoms with Crippen molar-refractivity contribution in [1.82, 2.24) is 0 Å². The maximum Gasteiger partial charge on any atom is 0.271 e. The lowest BCUT2D eigenvalue weighted by Gasteiger charge is -1.96. The molecule has 0 aliphatic rings. The fourth-order valence-corrected chi connectivity index (χ4v) is 1.19. The molecule has 0 aromatic heterocycles. The molecule has 0 aromatic rings. The van der Waals surface area contributed by atoms with Gasteiger partial charge in [-0.15, -0.1) is 0 Å². The first-order valence-corrected chi connectivity index (χ1v) is 4.49. The molecule has 0 saturated heterocycles. The van der Waals surface area contributed by atoms with E-state index in [4.69, 9.17) is 0 Å². The predicted octanol–water partition coefficient (Wildman–Crippen LogP) is 0.524. The molecule has 58 valence electrons. The lowest BCUT2D eigenvalue weighted by atomic mass is 10.4. The molecule has 0 unspecified atom stereocenters. The first kappa shape index (κ1) is 9.36. The molecule has 0 saturated carbocycles. The molecular weight excluding hydrogens is 152 g/mol. The van der Waals surface area contributed by atoms with Gasteiger partial charge in [0.05, 0.1) is 5.75 Å². The third-order valence-corrected chi connectivity index (χ3v) is 2.68. The van der Waals surface area contributed by atoms with Crippen LogP contribution in [-0.2, 0) is 14.6 Å². The molecule has 0 aliphatic heterocycles. The molecule has 3 nitrogen and oxygen atoms in total. The summed E-state index contributed by atoms with van der Waals surface area (Å²) in [7, 11) is -3.54. The van der Waals surface area contributed by atoms with Gasteiger partial charge in [-0.05, 0) is 6.92 Å². The summed E-state index contributed by atoms with van der Waals surface area (Å²) in [6, 6.07) is 0. The molecular formula is C6H10O3S. The number of carbonyl (C=O) groups excluding carboxylic acids is 1. The van der Waals surface area contributed by atoms with Gasteiger partial charge in [0.25, 0.3) is 5.12 Å². The van der Waals surface area contributed by atoms with E-state index in [2.05, 4.69) is 6.58 Å². The van der Waals surface area contributed by atoms with E-state index in [0.717, 1.165) is 0 Å². The standard InChI is InChI=1S/C6H10O3S/c1-4-10(8,9)6(7)5(2)3/h2,4H2,1,3H3. The number of hydrogen-bond acceptors (Lipinski definition) is 3. The second-order valence-electron chi connectivity index (χ2n) is 1.97. The molecule has 0 amide bonds. The van der Waals surface area contributed by atoms with Crippen LogP contribution in [0.2, 0.25) is 0 Å². The van der Waals surface area contributed by atoms with Gasteiger partial charge in [-0.3, -0.25) is 4.79 Å². The maximum absolute atomic E-state index is 10.7. The molecule has 0 aromatic carbocycles. The monoisotopic (exact) mass is 162 g/mol. The molecule has 4 heteroatoms. The summed E-state index contributed by atoms with van der Waals surface area (Å²) in [5.74, 6) is -0.154. The molecule has 0 atom stereocenters. The van der Waals surface area contributed by atoms with E-state index in [-0.39, 0.29) is 11.3 Å². The second kappa shape index (κ2) is 2.96. The molecule has 0 heterocycles. The summed E-state index contributed by atoms with van der Waals surface area (Å²) in [5.41, 5.74) is 0.0712. The molecule has 0 aliphatic carbocycles. The Balaban J connectivity index is 4.70. The zero-order chi connectivity index (χ0) is 8.36. The lowest BCUT2D eigenvalue weighted by molar-refractivity contribution is -0.108. The number of hydrogen-bond donors (Lipinski definition) is 0. The van der Waals surface area contributed by atoms with Crippen LogP contribution in [0.15, 0.2) is 12.2 Å². The van der Waals surface area contributed by atoms with Crippen LogP contribution in [0, 0.1) is 0 Å². The highest BCUT2D eigenvalue weighted by Gasteiger charge is 2.19. The Labute approximate surface area is 60.7 Å². The summed E-state index contributed by atoms with van der Waals surface area (Å²) in [6.07, 6.45) is 0. The number of carbonyl (C=O) groups is 1. The minimum Gasteiger partial charge on any atom is -0.276 e. The van der Waals surface area contributed by atoms with Gasteiger partial charge in [0.1, 0.15) is 0 Å². The average Bonchev–Trinajstić information content (AvgIpc) is 1.86. The molecule has 0 rings (SSSR count). The fraction of sp³-hybridized carbons (Fsp3) is 0.500. The Hall–Kier alpha value is -0.640. The zero-order valence-corrected chi connectivity index (χ0v) is 6.86. The molecule has 0 N–H and O–H groups in total. The molecule has 0 fully saturated rings. The van der Waals surface area contributed by atoms with E-state index in [1.165, 1.54) is 13.8 Å². The van der Waals surface area contributed by atoms with E-state index in [1.807, 2.05) is 0 Å². The van der Waals surface area contributed by atoms with Gasteiger partial charge in [-0.1, -0.05) is 13.5 Å². The lowest BCUT2D eigenvalue weighted by Crippen LogP contribution is -2.16. The minimum absolute atomic E-state index is 0.0712. The Morgan fingerprint density at radius 3 is 2.00 bits per heavy atom. The molecule has 0 spiro atoms. The van der Waals surface area contributed by atoms with Crippen LogP contribution in [0.3, 0.4) is 0 Å². The van der Waals surface area contributed by atoms with Crippen molar-refractivity contribution in [3.8, 4) is 0 Å². The van der Waals surface area contributed by atoms with Gasteiger partial charge in [0, 0.05) is 5.57 Å². The van der Waals surface area contributed by atoms with Crippen molar-refractivity contribution >= 4 is 15.0 Å². The topological polar surface area (TPSA) is 51.2 Å². The molecule has 10 heavy (non-hydrogen) atoms. The van der Waals surface area contributed by atoms with Crippen molar-refractivity contribution < 1.29 is 13.2 Å². The second-order valence-corrected chi connectivity index (χ2v) is 4.15. The van der Waals surface area contributed by atoms with E-state index >= 15 is 0 Å². The van der Waals surface area contributed by atoms with Crippen molar-refractivity contribution in [2.75, 3.05) is 5.75 Å². The first-order chi connectivity index (χ1) is 4.41. The highest BCUT2D eigenvalue weighted by Crippen LogP contribution is 1.99. The van der Waals surface area contributed by atoms with Crippen LogP contribution in [0.4, 0.5) is 0 Å². The summed E-state index contributed by atoms with van der Waals surface area (Å²) in [5, 5.41) is -0.852. The largest absolute Gasteiger partial charge is 0.276 e. The van der Waals surface area contributed by atoms with Gasteiger partial charge in [-0.2, -0.15) is 0 Å². The third kappa shape index (κ3) is 1.95. The van der Waals surface area contributed by atoms with Gasteiger partial charge < -0.3 is 0 Å². The highest BCUT2D eigenvalue weighted by atomic mass is 32.2. The van der Waals surface area contributed by atoms with E-state index in [1.54, 1.807) is 0 Å². The third-order valence-electron chi connectivity index (χ3n) is 1.01.